The molecule has 24 heavy (non-hydrogen) atoms. The van der Waals surface area contributed by atoms with Crippen LogP contribution >= 0.6 is 0 Å². The average Bonchev–Trinajstić information content (AvgIpc) is 2.58. The predicted molar refractivity (Wildman–Crippen MR) is 86.5 cm³/mol. The van der Waals surface area contributed by atoms with Gasteiger partial charge in [0.2, 0.25) is 5.91 Å². The molecule has 2 aromatic rings. The highest BCUT2D eigenvalue weighted by Crippen LogP contribution is 2.25. The van der Waals surface area contributed by atoms with Gasteiger partial charge in [0.1, 0.15) is 5.82 Å². The molecule has 0 radical (unpaired) electrons. The molecule has 0 bridgehead atoms. The number of nitrogens with one attached hydrogen (secondary N) is 2. The van der Waals surface area contributed by atoms with E-state index in [4.69, 9.17) is 9.47 Å². The molecule has 0 aliphatic heterocycles. The summed E-state index contributed by atoms with van der Waals surface area (Å²) in [5, 5.41) is 4.89. The number of carbonyl (C=O) groups excluding carboxylic acids is 2. The molecule has 7 heteroatoms. The molecule has 2 rings (SSSR count). The molecule has 0 atom stereocenters. The molecule has 2 amide bonds. The van der Waals surface area contributed by atoms with Crippen LogP contribution in [0.5, 0.6) is 11.5 Å². The normalized spacial score (nSPS) is 9.92. The molecule has 0 aliphatic carbocycles. The van der Waals surface area contributed by atoms with Gasteiger partial charge in [-0.3, -0.25) is 9.59 Å². The lowest BCUT2D eigenvalue weighted by atomic mass is 10.3. The quantitative estimate of drug-likeness (QED) is 0.813. The average molecular weight is 332 g/mol. The van der Waals surface area contributed by atoms with Crippen LogP contribution in [0.15, 0.2) is 48.5 Å². The minimum atomic E-state index is -0.466. The lowest BCUT2D eigenvalue weighted by Crippen LogP contribution is -2.35. The largest absolute Gasteiger partial charge is 0.493 e. The van der Waals surface area contributed by atoms with Gasteiger partial charge in [-0.25, -0.2) is 4.39 Å². The van der Waals surface area contributed by atoms with E-state index in [-0.39, 0.29) is 13.2 Å². The van der Waals surface area contributed by atoms with Gasteiger partial charge in [0.15, 0.2) is 18.1 Å². The number of amides is 2. The fraction of sp³-hybridized carbons (Fsp3) is 0.176. The summed E-state index contributed by atoms with van der Waals surface area (Å²) < 4.78 is 23.4. The van der Waals surface area contributed by atoms with Gasteiger partial charge in [0.05, 0.1) is 13.7 Å². The minimum absolute atomic E-state index is 0.245. The molecule has 2 N–H and O–H groups in total. The Bertz CT molecular complexity index is 721. The summed E-state index contributed by atoms with van der Waals surface area (Å²) in [5.41, 5.74) is 0.319. The van der Waals surface area contributed by atoms with Crippen LogP contribution < -0.4 is 20.1 Å². The molecule has 0 unspecified atom stereocenters. The zero-order chi connectivity index (χ0) is 17.4. The van der Waals surface area contributed by atoms with Crippen LogP contribution in [0.1, 0.15) is 0 Å². The highest BCUT2D eigenvalue weighted by Gasteiger charge is 2.09. The van der Waals surface area contributed by atoms with E-state index in [9.17, 15) is 14.0 Å². The van der Waals surface area contributed by atoms with E-state index in [1.165, 1.54) is 25.3 Å². The van der Waals surface area contributed by atoms with Crippen LogP contribution in [0.3, 0.4) is 0 Å². The Morgan fingerprint density at radius 1 is 1.04 bits per heavy atom. The number of ether oxygens (including phenoxy) is 2. The van der Waals surface area contributed by atoms with Crippen LogP contribution in [-0.4, -0.2) is 32.1 Å². The van der Waals surface area contributed by atoms with E-state index < -0.39 is 17.6 Å². The summed E-state index contributed by atoms with van der Waals surface area (Å²) in [6, 6.07) is 12.4. The van der Waals surface area contributed by atoms with Crippen molar-refractivity contribution in [1.82, 2.24) is 5.32 Å². The maximum absolute atomic E-state index is 13.0. The minimum Gasteiger partial charge on any atom is -0.493 e. The number of benzene rings is 2. The van der Waals surface area contributed by atoms with Crippen LogP contribution in [0.25, 0.3) is 0 Å². The third kappa shape index (κ3) is 5.28. The fourth-order valence-corrected chi connectivity index (χ4v) is 1.88. The predicted octanol–water partition coefficient (Wildman–Crippen LogP) is 1.97. The molecule has 0 saturated heterocycles. The first-order valence-corrected chi connectivity index (χ1v) is 7.16. The van der Waals surface area contributed by atoms with Gasteiger partial charge in [-0.05, 0) is 30.3 Å². The number of anilines is 1. The summed E-state index contributed by atoms with van der Waals surface area (Å²) in [5.74, 6) is -0.447. The second-order valence-electron chi connectivity index (χ2n) is 4.77. The number of rotatable bonds is 7. The molecule has 0 heterocycles. The molecule has 126 valence electrons. The summed E-state index contributed by atoms with van der Waals surface area (Å²) in [6.07, 6.45) is 0. The van der Waals surface area contributed by atoms with Gasteiger partial charge < -0.3 is 20.1 Å². The SMILES string of the molecule is COc1ccccc1OCC(=O)NCC(=O)Nc1cccc(F)c1. The van der Waals surface area contributed by atoms with E-state index in [0.29, 0.717) is 17.2 Å². The molecule has 2 aromatic carbocycles. The summed E-state index contributed by atoms with van der Waals surface area (Å²) >= 11 is 0. The molecule has 0 spiro atoms. The lowest BCUT2D eigenvalue weighted by Gasteiger charge is -2.10. The molecule has 0 aromatic heterocycles. The number of para-hydroxylation sites is 2. The maximum Gasteiger partial charge on any atom is 0.258 e. The molecule has 0 saturated carbocycles. The van der Waals surface area contributed by atoms with Crippen molar-refractivity contribution < 1.29 is 23.5 Å². The Morgan fingerprint density at radius 2 is 1.79 bits per heavy atom. The Balaban J connectivity index is 1.75. The summed E-state index contributed by atoms with van der Waals surface area (Å²) in [4.78, 5) is 23.4. The van der Waals surface area contributed by atoms with E-state index in [2.05, 4.69) is 10.6 Å². The first-order valence-electron chi connectivity index (χ1n) is 7.16. The Hall–Kier alpha value is -3.09. The van der Waals surface area contributed by atoms with Crippen molar-refractivity contribution in [3.8, 4) is 11.5 Å². The molecule has 0 fully saturated rings. The van der Waals surface area contributed by atoms with E-state index in [0.717, 1.165) is 0 Å². The molecule has 6 nitrogen and oxygen atoms in total. The van der Waals surface area contributed by atoms with Crippen molar-refractivity contribution in [3.63, 3.8) is 0 Å². The molecular formula is C17H17FN2O4. The summed E-state index contributed by atoms with van der Waals surface area (Å²) in [7, 11) is 1.50. The van der Waals surface area contributed by atoms with Crippen LogP contribution in [-0.2, 0) is 9.59 Å². The Morgan fingerprint density at radius 3 is 2.50 bits per heavy atom. The topological polar surface area (TPSA) is 76.7 Å². The van der Waals surface area contributed by atoms with Crippen molar-refractivity contribution in [1.29, 1.82) is 0 Å². The number of hydrogen-bond acceptors (Lipinski definition) is 4. The van der Waals surface area contributed by atoms with Crippen molar-refractivity contribution in [3.05, 3.63) is 54.3 Å². The number of halogens is 1. The van der Waals surface area contributed by atoms with Gasteiger partial charge >= 0.3 is 0 Å². The first kappa shape index (κ1) is 17.3. The number of carbonyl (C=O) groups is 2. The highest BCUT2D eigenvalue weighted by atomic mass is 19.1. The van der Waals surface area contributed by atoms with Crippen molar-refractivity contribution >= 4 is 17.5 Å². The van der Waals surface area contributed by atoms with Crippen molar-refractivity contribution in [2.75, 3.05) is 25.6 Å². The van der Waals surface area contributed by atoms with Gasteiger partial charge in [-0.1, -0.05) is 18.2 Å². The zero-order valence-corrected chi connectivity index (χ0v) is 13.0. The first-order chi connectivity index (χ1) is 11.6. The monoisotopic (exact) mass is 332 g/mol. The van der Waals surface area contributed by atoms with Crippen LogP contribution in [0.2, 0.25) is 0 Å². The standard InChI is InChI=1S/C17H17FN2O4/c1-23-14-7-2-3-8-15(14)24-11-17(22)19-10-16(21)20-13-6-4-5-12(18)9-13/h2-9H,10-11H2,1H3,(H,19,22)(H,20,21). The van der Waals surface area contributed by atoms with Crippen LogP contribution in [0, 0.1) is 5.82 Å². The molecule has 0 aliphatic rings. The third-order valence-corrected chi connectivity index (χ3v) is 2.98. The van der Waals surface area contributed by atoms with Gasteiger partial charge in [0.25, 0.3) is 5.91 Å². The van der Waals surface area contributed by atoms with Crippen molar-refractivity contribution in [2.45, 2.75) is 0 Å². The number of methoxy groups -OCH3 is 1. The molecular weight excluding hydrogens is 315 g/mol. The highest BCUT2D eigenvalue weighted by molar-refractivity contribution is 5.94. The van der Waals surface area contributed by atoms with E-state index in [1.54, 1.807) is 30.3 Å². The summed E-state index contributed by atoms with van der Waals surface area (Å²) in [6.45, 7) is -0.502. The zero-order valence-electron chi connectivity index (χ0n) is 13.0. The lowest BCUT2D eigenvalue weighted by molar-refractivity contribution is -0.125. The van der Waals surface area contributed by atoms with Crippen molar-refractivity contribution in [2.24, 2.45) is 0 Å². The van der Waals surface area contributed by atoms with Gasteiger partial charge in [-0.2, -0.15) is 0 Å². The third-order valence-electron chi connectivity index (χ3n) is 2.98. The second kappa shape index (κ2) is 8.52. The Labute approximate surface area is 138 Å². The fourth-order valence-electron chi connectivity index (χ4n) is 1.88. The van der Waals surface area contributed by atoms with E-state index >= 15 is 0 Å². The maximum atomic E-state index is 13.0. The van der Waals surface area contributed by atoms with Gasteiger partial charge in [0, 0.05) is 5.69 Å². The Kier molecular flexibility index (Phi) is 6.13. The number of hydrogen-bond donors (Lipinski definition) is 2. The van der Waals surface area contributed by atoms with Crippen LogP contribution in [0.4, 0.5) is 10.1 Å². The second-order valence-corrected chi connectivity index (χ2v) is 4.77. The van der Waals surface area contributed by atoms with E-state index in [1.807, 2.05) is 0 Å². The van der Waals surface area contributed by atoms with Gasteiger partial charge in [-0.15, -0.1) is 0 Å². The smallest absolute Gasteiger partial charge is 0.258 e.